The standard InChI is InChI=1S/C21H24F3N3O/c1-2-15(14-8-4-3-5-9-14)20(28)25-13-12-18-26-17-11-7-6-10-16(17)19(27-18)21(22,23)24/h3-5,8-9,15H,2,6-7,10-13H2,1H3,(H,25,28)/t15-/m1/s1. The number of amides is 1. The number of alkyl halides is 3. The topological polar surface area (TPSA) is 54.9 Å². The number of carbonyl (C=O) groups is 1. The predicted octanol–water partition coefficient (Wildman–Crippen LogP) is 4.23. The van der Waals surface area contributed by atoms with Crippen molar-refractivity contribution in [3.05, 3.63) is 58.7 Å². The largest absolute Gasteiger partial charge is 0.433 e. The highest BCUT2D eigenvalue weighted by Gasteiger charge is 2.37. The van der Waals surface area contributed by atoms with E-state index in [2.05, 4.69) is 15.3 Å². The van der Waals surface area contributed by atoms with Gasteiger partial charge in [-0.2, -0.15) is 13.2 Å². The number of halogens is 3. The molecular weight excluding hydrogens is 367 g/mol. The van der Waals surface area contributed by atoms with Crippen LogP contribution in [0, 0.1) is 0 Å². The molecule has 0 saturated carbocycles. The van der Waals surface area contributed by atoms with Gasteiger partial charge in [-0.05, 0) is 37.7 Å². The van der Waals surface area contributed by atoms with Crippen LogP contribution in [-0.2, 0) is 30.2 Å². The molecule has 1 N–H and O–H groups in total. The van der Waals surface area contributed by atoms with E-state index in [-0.39, 0.29) is 36.2 Å². The van der Waals surface area contributed by atoms with Crippen molar-refractivity contribution in [1.29, 1.82) is 0 Å². The summed E-state index contributed by atoms with van der Waals surface area (Å²) in [6, 6.07) is 9.45. The Hall–Kier alpha value is -2.44. The fourth-order valence-electron chi connectivity index (χ4n) is 3.67. The van der Waals surface area contributed by atoms with Gasteiger partial charge in [-0.15, -0.1) is 0 Å². The van der Waals surface area contributed by atoms with Crippen LogP contribution in [0.1, 0.15) is 60.4 Å². The van der Waals surface area contributed by atoms with Gasteiger partial charge < -0.3 is 5.32 Å². The molecule has 0 unspecified atom stereocenters. The number of carbonyl (C=O) groups excluding carboxylic acids is 1. The Balaban J connectivity index is 1.68. The van der Waals surface area contributed by atoms with E-state index in [1.165, 1.54) is 0 Å². The van der Waals surface area contributed by atoms with E-state index in [4.69, 9.17) is 0 Å². The lowest BCUT2D eigenvalue weighted by atomic mass is 9.94. The number of aromatic nitrogens is 2. The van der Waals surface area contributed by atoms with E-state index in [1.54, 1.807) is 0 Å². The molecule has 0 spiro atoms. The van der Waals surface area contributed by atoms with Crippen LogP contribution < -0.4 is 5.32 Å². The third-order valence-electron chi connectivity index (χ3n) is 5.07. The summed E-state index contributed by atoms with van der Waals surface area (Å²) in [7, 11) is 0. The van der Waals surface area contributed by atoms with E-state index in [1.807, 2.05) is 37.3 Å². The van der Waals surface area contributed by atoms with Gasteiger partial charge in [0.15, 0.2) is 5.69 Å². The average Bonchev–Trinajstić information content (AvgIpc) is 2.68. The molecule has 0 aliphatic heterocycles. The fraction of sp³-hybridized carbons (Fsp3) is 0.476. The van der Waals surface area contributed by atoms with E-state index >= 15 is 0 Å². The molecule has 7 heteroatoms. The Morgan fingerprint density at radius 1 is 1.14 bits per heavy atom. The monoisotopic (exact) mass is 391 g/mol. The highest BCUT2D eigenvalue weighted by molar-refractivity contribution is 5.83. The van der Waals surface area contributed by atoms with Gasteiger partial charge in [0.2, 0.25) is 5.91 Å². The molecule has 1 amide bonds. The Kier molecular flexibility index (Phi) is 6.31. The lowest BCUT2D eigenvalue weighted by molar-refractivity contribution is -0.142. The molecular formula is C21H24F3N3O. The molecule has 1 heterocycles. The molecule has 3 rings (SSSR count). The zero-order valence-corrected chi connectivity index (χ0v) is 15.9. The summed E-state index contributed by atoms with van der Waals surface area (Å²) in [4.78, 5) is 20.6. The number of fused-ring (bicyclic) bond motifs is 1. The maximum atomic E-state index is 13.4. The van der Waals surface area contributed by atoms with Crippen molar-refractivity contribution in [1.82, 2.24) is 15.3 Å². The maximum Gasteiger partial charge on any atom is 0.433 e. The van der Waals surface area contributed by atoms with Crippen LogP contribution in [0.15, 0.2) is 30.3 Å². The van der Waals surface area contributed by atoms with E-state index in [9.17, 15) is 18.0 Å². The molecule has 1 aliphatic carbocycles. The van der Waals surface area contributed by atoms with Gasteiger partial charge in [-0.25, -0.2) is 9.97 Å². The van der Waals surface area contributed by atoms with Crippen molar-refractivity contribution in [2.75, 3.05) is 6.54 Å². The Morgan fingerprint density at radius 3 is 2.54 bits per heavy atom. The van der Waals surface area contributed by atoms with Crippen LogP contribution in [0.3, 0.4) is 0 Å². The van der Waals surface area contributed by atoms with Crippen LogP contribution in [0.4, 0.5) is 13.2 Å². The summed E-state index contributed by atoms with van der Waals surface area (Å²) in [5, 5.41) is 2.82. The minimum Gasteiger partial charge on any atom is -0.355 e. The van der Waals surface area contributed by atoms with Crippen molar-refractivity contribution in [2.24, 2.45) is 0 Å². The van der Waals surface area contributed by atoms with Gasteiger partial charge in [0, 0.05) is 24.2 Å². The Labute approximate surface area is 162 Å². The summed E-state index contributed by atoms with van der Waals surface area (Å²) in [6.07, 6.45) is -1.18. The van der Waals surface area contributed by atoms with Crippen LogP contribution in [0.25, 0.3) is 0 Å². The van der Waals surface area contributed by atoms with Crippen molar-refractivity contribution >= 4 is 5.91 Å². The summed E-state index contributed by atoms with van der Waals surface area (Å²) < 4.78 is 40.2. The van der Waals surface area contributed by atoms with Gasteiger partial charge >= 0.3 is 6.18 Å². The van der Waals surface area contributed by atoms with Crippen molar-refractivity contribution in [2.45, 2.75) is 57.5 Å². The molecule has 150 valence electrons. The first kappa shape index (κ1) is 20.3. The van der Waals surface area contributed by atoms with Crippen LogP contribution in [0.5, 0.6) is 0 Å². The molecule has 1 aromatic heterocycles. The lowest BCUT2D eigenvalue weighted by Crippen LogP contribution is -2.31. The second-order valence-corrected chi connectivity index (χ2v) is 7.03. The number of hydrogen-bond donors (Lipinski definition) is 1. The maximum absolute atomic E-state index is 13.4. The smallest absolute Gasteiger partial charge is 0.355 e. The number of benzene rings is 1. The molecule has 1 aliphatic rings. The zero-order chi connectivity index (χ0) is 20.1. The Bertz CT molecular complexity index is 822. The predicted molar refractivity (Wildman–Crippen MR) is 99.9 cm³/mol. The summed E-state index contributed by atoms with van der Waals surface area (Å²) in [6.45, 7) is 2.14. The van der Waals surface area contributed by atoms with Gasteiger partial charge in [0.05, 0.1) is 5.92 Å². The number of nitrogens with one attached hydrogen (secondary N) is 1. The zero-order valence-electron chi connectivity index (χ0n) is 15.9. The average molecular weight is 391 g/mol. The molecule has 1 aromatic carbocycles. The molecule has 4 nitrogen and oxygen atoms in total. The van der Waals surface area contributed by atoms with Crippen LogP contribution >= 0.6 is 0 Å². The van der Waals surface area contributed by atoms with E-state index in [0.717, 1.165) is 18.4 Å². The van der Waals surface area contributed by atoms with Gasteiger partial charge in [-0.1, -0.05) is 37.3 Å². The molecule has 0 radical (unpaired) electrons. The summed E-state index contributed by atoms with van der Waals surface area (Å²) in [5.74, 6) is -0.278. The Morgan fingerprint density at radius 2 is 1.86 bits per heavy atom. The second-order valence-electron chi connectivity index (χ2n) is 7.03. The van der Waals surface area contributed by atoms with Crippen LogP contribution in [-0.4, -0.2) is 22.4 Å². The molecule has 0 fully saturated rings. The number of aryl methyl sites for hydroxylation is 1. The third-order valence-corrected chi connectivity index (χ3v) is 5.07. The van der Waals surface area contributed by atoms with Crippen LogP contribution in [0.2, 0.25) is 0 Å². The molecule has 1 atom stereocenters. The quantitative estimate of drug-likeness (QED) is 0.802. The van der Waals surface area contributed by atoms with Crippen molar-refractivity contribution in [3.63, 3.8) is 0 Å². The number of rotatable bonds is 6. The second kappa shape index (κ2) is 8.71. The molecule has 2 aromatic rings. The first-order chi connectivity index (χ1) is 13.4. The highest BCUT2D eigenvalue weighted by Crippen LogP contribution is 2.34. The van der Waals surface area contributed by atoms with Crippen molar-refractivity contribution in [3.8, 4) is 0 Å². The van der Waals surface area contributed by atoms with E-state index in [0.29, 0.717) is 25.0 Å². The highest BCUT2D eigenvalue weighted by atomic mass is 19.4. The molecule has 0 bridgehead atoms. The van der Waals surface area contributed by atoms with Gasteiger partial charge in [0.1, 0.15) is 5.82 Å². The summed E-state index contributed by atoms with van der Waals surface area (Å²) >= 11 is 0. The number of hydrogen-bond acceptors (Lipinski definition) is 3. The van der Waals surface area contributed by atoms with Gasteiger partial charge in [-0.3, -0.25) is 4.79 Å². The minimum atomic E-state index is -4.48. The summed E-state index contributed by atoms with van der Waals surface area (Å²) in [5.41, 5.74) is 0.855. The fourth-order valence-corrected chi connectivity index (χ4v) is 3.67. The lowest BCUT2D eigenvalue weighted by Gasteiger charge is -2.20. The third kappa shape index (κ3) is 4.69. The van der Waals surface area contributed by atoms with Crippen molar-refractivity contribution < 1.29 is 18.0 Å². The van der Waals surface area contributed by atoms with Gasteiger partial charge in [0.25, 0.3) is 0 Å². The molecule has 28 heavy (non-hydrogen) atoms. The molecule has 0 saturated heterocycles. The first-order valence-electron chi connectivity index (χ1n) is 9.68. The minimum absolute atomic E-state index is 0.136. The first-order valence-corrected chi connectivity index (χ1v) is 9.68. The van der Waals surface area contributed by atoms with E-state index < -0.39 is 11.9 Å². The SMILES string of the molecule is CC[C@@H](C(=O)NCCc1nc2c(c(C(F)(F)F)n1)CCCC2)c1ccccc1. The number of nitrogens with zero attached hydrogens (tertiary/aromatic N) is 2. The normalized spacial score (nSPS) is 15.0.